The molecular weight excluding hydrogens is 380 g/mol. The van der Waals surface area contributed by atoms with E-state index in [0.717, 1.165) is 11.1 Å². The minimum Gasteiger partial charge on any atom is -0.394 e. The van der Waals surface area contributed by atoms with E-state index in [1.54, 1.807) is 9.80 Å². The molecule has 2 amide bonds. The van der Waals surface area contributed by atoms with Crippen molar-refractivity contribution in [3.8, 4) is 0 Å². The predicted molar refractivity (Wildman–Crippen MR) is 113 cm³/mol. The van der Waals surface area contributed by atoms with Gasteiger partial charge in [-0.1, -0.05) is 43.3 Å². The number of benzene rings is 1. The summed E-state index contributed by atoms with van der Waals surface area (Å²) in [6, 6.07) is 7.82. The van der Waals surface area contributed by atoms with Crippen LogP contribution < -0.4 is 0 Å². The van der Waals surface area contributed by atoms with Crippen LogP contribution >= 0.6 is 0 Å². The van der Waals surface area contributed by atoms with Crippen LogP contribution in [0.1, 0.15) is 47.8 Å². The maximum absolute atomic E-state index is 13.3. The van der Waals surface area contributed by atoms with Crippen molar-refractivity contribution in [2.75, 3.05) is 19.7 Å². The van der Waals surface area contributed by atoms with E-state index in [9.17, 15) is 14.7 Å². The van der Waals surface area contributed by atoms with Crippen LogP contribution in [0, 0.1) is 0 Å². The summed E-state index contributed by atoms with van der Waals surface area (Å²) in [4.78, 5) is 37.2. The number of hydrogen-bond acceptors (Lipinski definition) is 5. The van der Waals surface area contributed by atoms with Gasteiger partial charge < -0.3 is 14.9 Å². The van der Waals surface area contributed by atoms with Gasteiger partial charge in [-0.3, -0.25) is 14.6 Å². The lowest BCUT2D eigenvalue weighted by Gasteiger charge is -2.70. The first-order valence-electron chi connectivity index (χ1n) is 10.3. The normalized spacial score (nSPS) is 22.1. The van der Waals surface area contributed by atoms with Gasteiger partial charge in [0.2, 0.25) is 5.91 Å². The first kappa shape index (κ1) is 20.2. The van der Waals surface area contributed by atoms with Crippen molar-refractivity contribution in [3.63, 3.8) is 0 Å². The van der Waals surface area contributed by atoms with Crippen molar-refractivity contribution in [2.24, 2.45) is 0 Å². The minimum absolute atomic E-state index is 0.0521. The maximum Gasteiger partial charge on any atom is 0.275 e. The molecule has 3 heterocycles. The average molecular weight is 406 g/mol. The molecule has 30 heavy (non-hydrogen) atoms. The molecule has 0 aliphatic carbocycles. The zero-order valence-corrected chi connectivity index (χ0v) is 17.2. The smallest absolute Gasteiger partial charge is 0.275 e. The van der Waals surface area contributed by atoms with E-state index in [4.69, 9.17) is 0 Å². The van der Waals surface area contributed by atoms with Crippen molar-refractivity contribution in [2.45, 2.75) is 37.8 Å². The molecule has 7 heteroatoms. The molecular formula is C23H26N4O3. The second-order valence-electron chi connectivity index (χ2n) is 7.87. The Balaban J connectivity index is 1.69. The number of aromatic nitrogens is 2. The Bertz CT molecular complexity index is 952. The molecule has 0 unspecified atom stereocenters. The number of rotatable bonds is 5. The Morgan fingerprint density at radius 2 is 1.97 bits per heavy atom. The lowest BCUT2D eigenvalue weighted by molar-refractivity contribution is -0.178. The summed E-state index contributed by atoms with van der Waals surface area (Å²) >= 11 is 0. The van der Waals surface area contributed by atoms with Crippen molar-refractivity contribution < 1.29 is 14.7 Å². The molecule has 156 valence electrons. The molecule has 0 saturated carbocycles. The van der Waals surface area contributed by atoms with E-state index in [2.05, 4.69) is 22.1 Å². The highest BCUT2D eigenvalue weighted by molar-refractivity contribution is 5.94. The molecule has 4 rings (SSSR count). The van der Waals surface area contributed by atoms with Gasteiger partial charge >= 0.3 is 0 Å². The lowest BCUT2D eigenvalue weighted by atomic mass is 9.60. The number of hydrogen-bond donors (Lipinski definition) is 1. The largest absolute Gasteiger partial charge is 0.394 e. The van der Waals surface area contributed by atoms with Crippen LogP contribution in [0.15, 0.2) is 48.9 Å². The van der Waals surface area contributed by atoms with Crippen LogP contribution in [-0.2, 0) is 4.79 Å². The molecule has 1 aromatic heterocycles. The van der Waals surface area contributed by atoms with Gasteiger partial charge in [0.15, 0.2) is 0 Å². The van der Waals surface area contributed by atoms with E-state index >= 15 is 0 Å². The highest BCUT2D eigenvalue weighted by atomic mass is 16.3. The first-order chi connectivity index (χ1) is 14.6. The molecule has 2 aromatic rings. The SMILES string of the molecule is C/C=C/c1ccc([C@H]2[C@@H](CO)N(C(=O)c3cnccn3)C23CN(C(=O)CC)C3)cc1. The molecule has 2 aliphatic heterocycles. The fourth-order valence-corrected chi connectivity index (χ4v) is 4.88. The van der Waals surface area contributed by atoms with Crippen molar-refractivity contribution in [1.82, 2.24) is 19.8 Å². The summed E-state index contributed by atoms with van der Waals surface area (Å²) < 4.78 is 0. The van der Waals surface area contributed by atoms with Crippen LogP contribution in [0.25, 0.3) is 6.08 Å². The topological polar surface area (TPSA) is 86.6 Å². The number of carbonyl (C=O) groups is 2. The Hall–Kier alpha value is -3.06. The Labute approximate surface area is 176 Å². The number of aliphatic hydroxyl groups is 1. The van der Waals surface area contributed by atoms with E-state index in [1.807, 2.05) is 38.1 Å². The Kier molecular flexibility index (Phi) is 5.39. The summed E-state index contributed by atoms with van der Waals surface area (Å²) in [7, 11) is 0. The summed E-state index contributed by atoms with van der Waals surface area (Å²) in [6.07, 6.45) is 8.89. The highest BCUT2D eigenvalue weighted by Crippen LogP contribution is 2.54. The van der Waals surface area contributed by atoms with Crippen molar-refractivity contribution in [1.29, 1.82) is 0 Å². The molecule has 1 spiro atoms. The van der Waals surface area contributed by atoms with Gasteiger partial charge in [-0.15, -0.1) is 0 Å². The Morgan fingerprint density at radius 3 is 2.53 bits per heavy atom. The van der Waals surface area contributed by atoms with Gasteiger partial charge in [0.05, 0.1) is 24.4 Å². The summed E-state index contributed by atoms with van der Waals surface area (Å²) in [6.45, 7) is 4.58. The monoisotopic (exact) mass is 406 g/mol. The summed E-state index contributed by atoms with van der Waals surface area (Å²) in [5.74, 6) is -0.238. The van der Waals surface area contributed by atoms with Crippen LogP contribution in [-0.4, -0.2) is 68.0 Å². The number of aliphatic hydroxyl groups excluding tert-OH is 1. The number of allylic oxidation sites excluding steroid dienone is 1. The molecule has 0 bridgehead atoms. The van der Waals surface area contributed by atoms with Gasteiger partial charge in [-0.05, 0) is 18.1 Å². The molecule has 1 N–H and O–H groups in total. The molecule has 0 radical (unpaired) electrons. The number of carbonyl (C=O) groups excluding carboxylic acids is 2. The molecule has 2 aliphatic rings. The second kappa shape index (κ2) is 7.99. The zero-order valence-electron chi connectivity index (χ0n) is 17.2. The van der Waals surface area contributed by atoms with Gasteiger partial charge in [0.25, 0.3) is 5.91 Å². The zero-order chi connectivity index (χ0) is 21.3. The van der Waals surface area contributed by atoms with Crippen LogP contribution in [0.4, 0.5) is 0 Å². The number of amides is 2. The fourth-order valence-electron chi connectivity index (χ4n) is 4.88. The van der Waals surface area contributed by atoms with Crippen molar-refractivity contribution in [3.05, 3.63) is 65.8 Å². The molecule has 2 fully saturated rings. The molecule has 2 saturated heterocycles. The third-order valence-electron chi connectivity index (χ3n) is 6.20. The number of nitrogens with zero attached hydrogens (tertiary/aromatic N) is 4. The Morgan fingerprint density at radius 1 is 1.23 bits per heavy atom. The van der Waals surface area contributed by atoms with E-state index < -0.39 is 5.54 Å². The van der Waals surface area contributed by atoms with E-state index in [0.29, 0.717) is 19.5 Å². The van der Waals surface area contributed by atoms with Crippen molar-refractivity contribution >= 4 is 17.9 Å². The summed E-state index contributed by atoms with van der Waals surface area (Å²) in [5, 5.41) is 10.2. The minimum atomic E-state index is -0.533. The molecule has 7 nitrogen and oxygen atoms in total. The predicted octanol–water partition coefficient (Wildman–Crippen LogP) is 2.10. The van der Waals surface area contributed by atoms with Gasteiger partial charge in [-0.2, -0.15) is 0 Å². The molecule has 1 aromatic carbocycles. The fraction of sp³-hybridized carbons (Fsp3) is 0.391. The number of likely N-dealkylation sites (tertiary alicyclic amines) is 2. The van der Waals surface area contributed by atoms with Gasteiger partial charge in [-0.25, -0.2) is 4.98 Å². The standard InChI is InChI=1S/C23H26N4O3/c1-3-5-16-6-8-17(9-7-16)21-19(13-28)27(22(30)18-12-24-10-11-25-18)23(21)14-26(15-23)20(29)4-2/h3,5-12,19,21,28H,4,13-15H2,1-2H3/b5-3+/t19-,21+/m1/s1. The lowest BCUT2D eigenvalue weighted by Crippen LogP contribution is -2.86. The third kappa shape index (κ3) is 3.10. The molecule has 2 atom stereocenters. The second-order valence-corrected chi connectivity index (χ2v) is 7.87. The average Bonchev–Trinajstić information content (AvgIpc) is 2.74. The van der Waals surface area contributed by atoms with Crippen LogP contribution in [0.3, 0.4) is 0 Å². The van der Waals surface area contributed by atoms with Crippen LogP contribution in [0.2, 0.25) is 0 Å². The van der Waals surface area contributed by atoms with Gasteiger partial charge in [0, 0.05) is 37.8 Å². The van der Waals surface area contributed by atoms with E-state index in [-0.39, 0.29) is 36.1 Å². The third-order valence-corrected chi connectivity index (χ3v) is 6.20. The highest BCUT2D eigenvalue weighted by Gasteiger charge is 2.68. The van der Waals surface area contributed by atoms with Crippen LogP contribution in [0.5, 0.6) is 0 Å². The first-order valence-corrected chi connectivity index (χ1v) is 10.3. The van der Waals surface area contributed by atoms with Gasteiger partial charge in [0.1, 0.15) is 5.69 Å². The summed E-state index contributed by atoms with van der Waals surface area (Å²) in [5.41, 5.74) is 1.88. The quantitative estimate of drug-likeness (QED) is 0.822. The van der Waals surface area contributed by atoms with E-state index in [1.165, 1.54) is 18.6 Å². The maximum atomic E-state index is 13.3.